The zero-order chi connectivity index (χ0) is 28.0. The molecule has 0 radical (unpaired) electrons. The molecule has 0 unspecified atom stereocenters. The van der Waals surface area contributed by atoms with Gasteiger partial charge in [0.1, 0.15) is 19.8 Å². The van der Waals surface area contributed by atoms with Gasteiger partial charge in [-0.2, -0.15) is 0 Å². The van der Waals surface area contributed by atoms with Crippen molar-refractivity contribution in [2.24, 2.45) is 0 Å². The normalized spacial score (nSPS) is 12.9. The molecule has 0 aliphatic heterocycles. The molecular formula is C24H51AlO12. The molecule has 0 aromatic rings. The van der Waals surface area contributed by atoms with Crippen LogP contribution in [0.4, 0.5) is 0 Å². The molecule has 0 bridgehead atoms. The predicted octanol–water partition coefficient (Wildman–Crippen LogP) is 3.31. The fourth-order valence-corrected chi connectivity index (χ4v) is 4.83. The summed E-state index contributed by atoms with van der Waals surface area (Å²) < 4.78 is 71.5. The van der Waals surface area contributed by atoms with Gasteiger partial charge >= 0.3 is 15.1 Å². The van der Waals surface area contributed by atoms with E-state index in [4.69, 9.17) is 54.0 Å². The van der Waals surface area contributed by atoms with Crippen LogP contribution in [-0.4, -0.2) is 112 Å². The van der Waals surface area contributed by atoms with Crippen LogP contribution in [0.1, 0.15) is 62.3 Å². The smallest absolute Gasteiger partial charge is 0.403 e. The van der Waals surface area contributed by atoms with E-state index in [1.807, 2.05) is 62.3 Å². The molecule has 0 aliphatic carbocycles. The Morgan fingerprint density at radius 3 is 0.730 bits per heavy atom. The average Bonchev–Trinajstić information content (AvgIpc) is 2.86. The van der Waals surface area contributed by atoms with E-state index in [1.165, 1.54) is 0 Å². The lowest BCUT2D eigenvalue weighted by Crippen LogP contribution is -2.59. The molecule has 0 saturated heterocycles. The first-order valence-electron chi connectivity index (χ1n) is 13.4. The molecule has 0 aliphatic rings. The van der Waals surface area contributed by atoms with Gasteiger partial charge in [0.05, 0.1) is 0 Å². The summed E-state index contributed by atoms with van der Waals surface area (Å²) in [6, 6.07) is 0. The van der Waals surface area contributed by atoms with Gasteiger partial charge < -0.3 is 54.0 Å². The highest BCUT2D eigenvalue weighted by atomic mass is 27.3. The Labute approximate surface area is 228 Å². The van der Waals surface area contributed by atoms with Gasteiger partial charge in [0.15, 0.2) is 0 Å². The highest BCUT2D eigenvalue weighted by molar-refractivity contribution is 6.36. The largest absolute Gasteiger partial charge is 0.917 e. The van der Waals surface area contributed by atoms with E-state index in [2.05, 4.69) is 0 Å². The van der Waals surface area contributed by atoms with Gasteiger partial charge in [0.25, 0.3) is 17.9 Å². The highest BCUT2D eigenvalue weighted by Crippen LogP contribution is 2.28. The molecule has 12 nitrogen and oxygen atoms in total. The number of rotatable bonds is 27. The van der Waals surface area contributed by atoms with Gasteiger partial charge in [-0.25, -0.2) is 0 Å². The molecular weight excluding hydrogens is 507 g/mol. The molecule has 0 atom stereocenters. The summed E-state index contributed by atoms with van der Waals surface area (Å²) in [6.45, 7) is 19.3. The van der Waals surface area contributed by atoms with Crippen LogP contribution < -0.4 is 0 Å². The lowest BCUT2D eigenvalue weighted by Gasteiger charge is -2.41. The maximum atomic E-state index is 6.37. The van der Waals surface area contributed by atoms with Crippen LogP contribution in [0.3, 0.4) is 0 Å². The molecule has 13 heteroatoms. The Hall–Kier alpha value is 0.0525. The molecule has 0 aromatic carbocycles. The maximum Gasteiger partial charge on any atom is 0.917 e. The fourth-order valence-electron chi connectivity index (χ4n) is 3.19. The minimum Gasteiger partial charge on any atom is -0.403 e. The van der Waals surface area contributed by atoms with Crippen molar-refractivity contribution >= 4 is 15.1 Å². The molecule has 0 fully saturated rings. The van der Waals surface area contributed by atoms with Crippen LogP contribution >= 0.6 is 0 Å². The summed E-state index contributed by atoms with van der Waals surface area (Å²) in [6.07, 6.45) is 0. The second-order valence-corrected chi connectivity index (χ2v) is 8.49. The third kappa shape index (κ3) is 14.3. The lowest BCUT2D eigenvalue weighted by molar-refractivity contribution is -0.418. The quantitative estimate of drug-likeness (QED) is 0.109. The number of hydrogen-bond donors (Lipinski definition) is 0. The topological polar surface area (TPSA) is 111 Å². The molecule has 0 aromatic heterocycles. The van der Waals surface area contributed by atoms with Crippen LogP contribution in [0.2, 0.25) is 0 Å². The summed E-state index contributed by atoms with van der Waals surface area (Å²) in [5.41, 5.74) is 0. The van der Waals surface area contributed by atoms with Crippen molar-refractivity contribution in [2.45, 2.75) is 80.2 Å². The monoisotopic (exact) mass is 558 g/mol. The minimum atomic E-state index is -3.42. The first-order chi connectivity index (χ1) is 17.8. The molecule has 0 N–H and O–H groups in total. The number of ether oxygens (including phenoxy) is 9. The molecule has 0 rings (SSSR count). The Balaban J connectivity index is 6.57. The van der Waals surface area contributed by atoms with Gasteiger partial charge in [-0.1, -0.05) is 0 Å². The minimum absolute atomic E-state index is 0.0368. The second kappa shape index (κ2) is 21.8. The predicted molar refractivity (Wildman–Crippen MR) is 136 cm³/mol. The molecule has 0 amide bonds. The lowest BCUT2D eigenvalue weighted by atomic mass is 10.5. The van der Waals surface area contributed by atoms with Crippen LogP contribution in [0.5, 0.6) is 0 Å². The highest BCUT2D eigenvalue weighted by Gasteiger charge is 2.55. The summed E-state index contributed by atoms with van der Waals surface area (Å²) >= 11 is -3.42. The summed E-state index contributed by atoms with van der Waals surface area (Å²) in [7, 11) is 0. The van der Waals surface area contributed by atoms with Gasteiger partial charge in [-0.15, -0.1) is 0 Å². The van der Waals surface area contributed by atoms with Gasteiger partial charge in [0.2, 0.25) is 0 Å². The summed E-state index contributed by atoms with van der Waals surface area (Å²) in [5.74, 6) is -4.87. The van der Waals surface area contributed by atoms with Gasteiger partial charge in [-0.3, -0.25) is 0 Å². The van der Waals surface area contributed by atoms with Crippen molar-refractivity contribution in [3.05, 3.63) is 0 Å². The Morgan fingerprint density at radius 1 is 0.351 bits per heavy atom. The van der Waals surface area contributed by atoms with E-state index in [0.717, 1.165) is 0 Å². The first kappa shape index (κ1) is 37.1. The third-order valence-corrected chi connectivity index (χ3v) is 6.12. The van der Waals surface area contributed by atoms with E-state index in [9.17, 15) is 0 Å². The van der Waals surface area contributed by atoms with Crippen molar-refractivity contribution in [1.29, 1.82) is 0 Å². The zero-order valence-electron chi connectivity index (χ0n) is 24.5. The second-order valence-electron chi connectivity index (χ2n) is 7.20. The first-order valence-corrected chi connectivity index (χ1v) is 14.8. The summed E-state index contributed by atoms with van der Waals surface area (Å²) in [4.78, 5) is 0. The Morgan fingerprint density at radius 2 is 0.568 bits per heavy atom. The number of hydrogen-bond acceptors (Lipinski definition) is 12. The molecule has 0 spiro atoms. The summed E-state index contributed by atoms with van der Waals surface area (Å²) in [5, 5.41) is 0. The van der Waals surface area contributed by atoms with Crippen LogP contribution in [-0.2, 0) is 54.0 Å². The standard InChI is InChI=1S/3C8H17O4.Al/c3*1-4-10-7-8(9,11-5-2)12-6-3;/h3*4-7H2,1-3H3;/q3*-1;+3. The van der Waals surface area contributed by atoms with Crippen LogP contribution in [0.25, 0.3) is 0 Å². The van der Waals surface area contributed by atoms with Crippen LogP contribution in [0.15, 0.2) is 0 Å². The van der Waals surface area contributed by atoms with Gasteiger partial charge in [0, 0.05) is 59.5 Å². The van der Waals surface area contributed by atoms with Crippen molar-refractivity contribution in [1.82, 2.24) is 0 Å². The van der Waals surface area contributed by atoms with E-state index in [-0.39, 0.29) is 59.5 Å². The van der Waals surface area contributed by atoms with E-state index in [1.54, 1.807) is 0 Å². The van der Waals surface area contributed by atoms with Crippen LogP contribution in [0, 0.1) is 0 Å². The fraction of sp³-hybridized carbons (Fsp3) is 1.00. The van der Waals surface area contributed by atoms with Crippen molar-refractivity contribution in [3.63, 3.8) is 0 Å². The Kier molecular flexibility index (Phi) is 21.9. The van der Waals surface area contributed by atoms with Crippen molar-refractivity contribution in [2.75, 3.05) is 79.3 Å². The third-order valence-electron chi connectivity index (χ3n) is 4.46. The molecule has 37 heavy (non-hydrogen) atoms. The molecule has 0 heterocycles. The maximum absolute atomic E-state index is 6.37. The van der Waals surface area contributed by atoms with Crippen molar-refractivity contribution in [3.8, 4) is 0 Å². The molecule has 0 saturated carbocycles. The van der Waals surface area contributed by atoms with Crippen molar-refractivity contribution < 1.29 is 54.0 Å². The zero-order valence-corrected chi connectivity index (χ0v) is 25.6. The van der Waals surface area contributed by atoms with E-state index >= 15 is 0 Å². The molecule has 222 valence electrons. The SMILES string of the molecule is CCOCC(OCC)(OCC)[O][Al]([O]C(COCC)(OCC)OCC)[O]C(COCC)(OCC)OCC. The van der Waals surface area contributed by atoms with E-state index in [0.29, 0.717) is 19.8 Å². The van der Waals surface area contributed by atoms with Gasteiger partial charge in [-0.05, 0) is 62.3 Å². The van der Waals surface area contributed by atoms with E-state index < -0.39 is 33.1 Å². The average molecular weight is 559 g/mol. The Bertz CT molecular complexity index is 439.